The minimum Gasteiger partial charge on any atom is -0.507 e. The third-order valence-corrected chi connectivity index (χ3v) is 2.94. The molecule has 1 aromatic carbocycles. The van der Waals surface area contributed by atoms with Crippen LogP contribution in [-0.2, 0) is 0 Å². The van der Waals surface area contributed by atoms with Crippen molar-refractivity contribution in [2.24, 2.45) is 10.2 Å². The summed E-state index contributed by atoms with van der Waals surface area (Å²) in [6, 6.07) is 3.56. The van der Waals surface area contributed by atoms with Crippen molar-refractivity contribution in [1.29, 1.82) is 0 Å². The highest BCUT2D eigenvalue weighted by atomic mass is 32.1. The lowest BCUT2D eigenvalue weighted by Crippen LogP contribution is -1.79. The van der Waals surface area contributed by atoms with E-state index in [0.717, 1.165) is 11.1 Å². The predicted octanol–water partition coefficient (Wildman–Crippen LogP) is 3.58. The van der Waals surface area contributed by atoms with Gasteiger partial charge in [-0.2, -0.15) is 4.37 Å². The fourth-order valence-electron chi connectivity index (χ4n) is 1.42. The van der Waals surface area contributed by atoms with E-state index >= 15 is 0 Å². The Hall–Kier alpha value is -1.82. The molecular formula is C11H12N4OS. The van der Waals surface area contributed by atoms with Gasteiger partial charge in [0.1, 0.15) is 11.6 Å². The second kappa shape index (κ2) is 4.58. The molecule has 17 heavy (non-hydrogen) atoms. The van der Waals surface area contributed by atoms with Gasteiger partial charge in [0, 0.05) is 11.5 Å². The van der Waals surface area contributed by atoms with Gasteiger partial charge >= 0.3 is 0 Å². The van der Waals surface area contributed by atoms with Gasteiger partial charge in [-0.1, -0.05) is 0 Å². The molecule has 0 radical (unpaired) electrons. The van der Waals surface area contributed by atoms with Crippen LogP contribution in [0.15, 0.2) is 22.4 Å². The number of rotatable bonds is 2. The number of benzene rings is 1. The van der Waals surface area contributed by atoms with Gasteiger partial charge in [0.05, 0.1) is 5.69 Å². The average Bonchev–Trinajstić information content (AvgIpc) is 2.69. The summed E-state index contributed by atoms with van der Waals surface area (Å²) < 4.78 is 4.01. The number of hydrogen-bond donors (Lipinski definition) is 1. The number of aromatic nitrogens is 2. The molecule has 0 saturated carbocycles. The zero-order valence-electron chi connectivity index (χ0n) is 9.80. The van der Waals surface area contributed by atoms with Crippen LogP contribution in [0, 0.1) is 20.8 Å². The molecule has 2 aromatic rings. The predicted molar refractivity (Wildman–Crippen MR) is 66.4 cm³/mol. The Labute approximate surface area is 103 Å². The highest BCUT2D eigenvalue weighted by Crippen LogP contribution is 2.28. The van der Waals surface area contributed by atoms with Crippen molar-refractivity contribution < 1.29 is 5.11 Å². The average molecular weight is 248 g/mol. The third kappa shape index (κ3) is 2.65. The second-order valence-corrected chi connectivity index (χ2v) is 4.48. The van der Waals surface area contributed by atoms with Gasteiger partial charge in [-0.3, -0.25) is 0 Å². The van der Waals surface area contributed by atoms with Gasteiger partial charge in [0.2, 0.25) is 5.13 Å². The van der Waals surface area contributed by atoms with Crippen molar-refractivity contribution in [2.45, 2.75) is 20.8 Å². The first kappa shape index (κ1) is 11.7. The Bertz CT molecular complexity index is 554. The van der Waals surface area contributed by atoms with E-state index in [-0.39, 0.29) is 0 Å². The summed E-state index contributed by atoms with van der Waals surface area (Å²) in [6.45, 7) is 5.47. The molecule has 5 nitrogen and oxygen atoms in total. The first-order chi connectivity index (χ1) is 8.06. The smallest absolute Gasteiger partial charge is 0.249 e. The van der Waals surface area contributed by atoms with Gasteiger partial charge in [-0.05, 0) is 44.0 Å². The van der Waals surface area contributed by atoms with Crippen LogP contribution >= 0.6 is 11.5 Å². The Kier molecular flexibility index (Phi) is 3.14. The van der Waals surface area contributed by atoms with Crippen LogP contribution in [0.2, 0.25) is 0 Å². The molecule has 0 aliphatic rings. The quantitative estimate of drug-likeness (QED) is 0.825. The van der Waals surface area contributed by atoms with Crippen molar-refractivity contribution in [3.8, 4) is 5.75 Å². The fraction of sp³-hybridized carbons (Fsp3) is 0.273. The van der Waals surface area contributed by atoms with E-state index in [1.165, 1.54) is 11.5 Å². The molecule has 0 fully saturated rings. The Balaban J connectivity index is 2.27. The van der Waals surface area contributed by atoms with Crippen molar-refractivity contribution in [2.75, 3.05) is 0 Å². The third-order valence-electron chi connectivity index (χ3n) is 2.24. The van der Waals surface area contributed by atoms with Crippen LogP contribution in [0.4, 0.5) is 10.8 Å². The number of nitrogens with zero attached hydrogens (tertiary/aromatic N) is 4. The summed E-state index contributed by atoms with van der Waals surface area (Å²) in [5.41, 5.74) is 2.27. The van der Waals surface area contributed by atoms with Crippen molar-refractivity contribution in [3.05, 3.63) is 29.1 Å². The summed E-state index contributed by atoms with van der Waals surface area (Å²) in [6.07, 6.45) is 0. The molecule has 0 bridgehead atoms. The van der Waals surface area contributed by atoms with Crippen molar-refractivity contribution in [3.63, 3.8) is 0 Å². The highest BCUT2D eigenvalue weighted by Gasteiger charge is 2.03. The summed E-state index contributed by atoms with van der Waals surface area (Å²) in [5.74, 6) is 0.998. The molecule has 1 N–H and O–H groups in total. The Morgan fingerprint density at radius 1 is 1.12 bits per heavy atom. The molecule has 1 aromatic heterocycles. The molecule has 2 rings (SSSR count). The van der Waals surface area contributed by atoms with Gasteiger partial charge < -0.3 is 5.11 Å². The number of aromatic hydroxyl groups is 1. The van der Waals surface area contributed by atoms with E-state index in [0.29, 0.717) is 22.4 Å². The number of phenolic OH excluding ortho intramolecular Hbond substituents is 1. The lowest BCUT2D eigenvalue weighted by atomic mass is 10.1. The molecule has 0 amide bonds. The summed E-state index contributed by atoms with van der Waals surface area (Å²) in [4.78, 5) is 4.09. The normalized spacial score (nSPS) is 11.2. The van der Waals surface area contributed by atoms with Gasteiger partial charge in [0.15, 0.2) is 0 Å². The largest absolute Gasteiger partial charge is 0.507 e. The van der Waals surface area contributed by atoms with Crippen LogP contribution in [0.1, 0.15) is 17.0 Å². The van der Waals surface area contributed by atoms with E-state index < -0.39 is 0 Å². The molecule has 88 valence electrons. The van der Waals surface area contributed by atoms with Gasteiger partial charge in [-0.15, -0.1) is 10.2 Å². The van der Waals surface area contributed by atoms with Crippen molar-refractivity contribution in [1.82, 2.24) is 9.36 Å². The maximum Gasteiger partial charge on any atom is 0.249 e. The second-order valence-electron chi connectivity index (χ2n) is 3.75. The Morgan fingerprint density at radius 2 is 1.76 bits per heavy atom. The van der Waals surface area contributed by atoms with Crippen molar-refractivity contribution >= 4 is 22.4 Å². The van der Waals surface area contributed by atoms with E-state index in [1.54, 1.807) is 12.1 Å². The molecule has 0 atom stereocenters. The molecule has 1 heterocycles. The van der Waals surface area contributed by atoms with Crippen LogP contribution in [0.25, 0.3) is 0 Å². The van der Waals surface area contributed by atoms with Crippen LogP contribution in [0.3, 0.4) is 0 Å². The molecule has 0 spiro atoms. The SMILES string of the molecule is Cc1nsc(/N=N/c2cc(C)c(O)c(C)c2)n1. The molecule has 6 heteroatoms. The van der Waals surface area contributed by atoms with Crippen LogP contribution < -0.4 is 0 Å². The lowest BCUT2D eigenvalue weighted by molar-refractivity contribution is 0.467. The first-order valence-corrected chi connectivity index (χ1v) is 5.86. The molecule has 0 saturated heterocycles. The van der Waals surface area contributed by atoms with Gasteiger partial charge in [-0.25, -0.2) is 4.98 Å². The molecule has 0 unspecified atom stereocenters. The maximum atomic E-state index is 9.63. The summed E-state index contributed by atoms with van der Waals surface area (Å²) in [7, 11) is 0. The van der Waals surface area contributed by atoms with Crippen LogP contribution in [0.5, 0.6) is 5.75 Å². The Morgan fingerprint density at radius 3 is 2.29 bits per heavy atom. The van der Waals surface area contributed by atoms with Crippen LogP contribution in [-0.4, -0.2) is 14.5 Å². The summed E-state index contributed by atoms with van der Waals surface area (Å²) in [5, 5.41) is 18.2. The van der Waals surface area contributed by atoms with E-state index in [1.807, 2.05) is 20.8 Å². The van der Waals surface area contributed by atoms with E-state index in [9.17, 15) is 5.11 Å². The zero-order chi connectivity index (χ0) is 12.4. The number of aryl methyl sites for hydroxylation is 3. The maximum absolute atomic E-state index is 9.63. The number of hydrogen-bond acceptors (Lipinski definition) is 6. The molecular weight excluding hydrogens is 236 g/mol. The minimum absolute atomic E-state index is 0.302. The fourth-order valence-corrected chi connectivity index (χ4v) is 1.92. The number of azo groups is 1. The minimum atomic E-state index is 0.302. The summed E-state index contributed by atoms with van der Waals surface area (Å²) >= 11 is 1.21. The standard InChI is InChI=1S/C11H12N4OS/c1-6-4-9(5-7(2)10(6)16)13-14-11-12-8(3)15-17-11/h4-5,16H,1-3H3/b14-13+. The van der Waals surface area contributed by atoms with E-state index in [4.69, 9.17) is 0 Å². The van der Waals surface area contributed by atoms with E-state index in [2.05, 4.69) is 19.6 Å². The number of phenols is 1. The molecule has 0 aliphatic carbocycles. The molecule has 0 aliphatic heterocycles. The lowest BCUT2D eigenvalue weighted by Gasteiger charge is -2.03. The topological polar surface area (TPSA) is 70.7 Å². The zero-order valence-corrected chi connectivity index (χ0v) is 10.6. The monoisotopic (exact) mass is 248 g/mol. The van der Waals surface area contributed by atoms with Gasteiger partial charge in [0.25, 0.3) is 0 Å². The highest BCUT2D eigenvalue weighted by molar-refractivity contribution is 7.09. The first-order valence-electron chi connectivity index (χ1n) is 5.08.